The molecular formula is C20H18N8O2. The number of hydrogen-bond donors (Lipinski definition) is 2. The van der Waals surface area contributed by atoms with Gasteiger partial charge in [-0.2, -0.15) is 24.8 Å². The zero-order chi connectivity index (χ0) is 20.9. The van der Waals surface area contributed by atoms with E-state index >= 15 is 0 Å². The van der Waals surface area contributed by atoms with E-state index in [4.69, 9.17) is 10.5 Å². The fraction of sp³-hybridized carbons (Fsp3) is 0.100. The van der Waals surface area contributed by atoms with Crippen LogP contribution in [0, 0.1) is 6.92 Å². The van der Waals surface area contributed by atoms with E-state index in [0.29, 0.717) is 5.69 Å². The average Bonchev–Trinajstić information content (AvgIpc) is 3.15. The summed E-state index contributed by atoms with van der Waals surface area (Å²) >= 11 is 0. The zero-order valence-electron chi connectivity index (χ0n) is 16.1. The van der Waals surface area contributed by atoms with E-state index in [2.05, 4.69) is 30.5 Å². The minimum atomic E-state index is -0.633. The summed E-state index contributed by atoms with van der Waals surface area (Å²) in [7, 11) is 0. The van der Waals surface area contributed by atoms with E-state index in [9.17, 15) is 4.79 Å². The lowest BCUT2D eigenvalue weighted by Gasteiger charge is -2.07. The molecule has 2 heterocycles. The van der Waals surface area contributed by atoms with Crippen LogP contribution in [0.25, 0.3) is 5.69 Å². The number of para-hydroxylation sites is 2. The molecule has 2 aromatic heterocycles. The Morgan fingerprint density at radius 1 is 1.00 bits per heavy atom. The van der Waals surface area contributed by atoms with Crippen LogP contribution in [0.3, 0.4) is 0 Å². The number of carbonyl (C=O) groups is 1. The fourth-order valence-corrected chi connectivity index (χ4v) is 2.65. The summed E-state index contributed by atoms with van der Waals surface area (Å²) in [6, 6.07) is 18.6. The van der Waals surface area contributed by atoms with Crippen LogP contribution in [0.5, 0.6) is 0 Å². The summed E-state index contributed by atoms with van der Waals surface area (Å²) < 4.78 is 5.31. The number of esters is 1. The first kappa shape index (κ1) is 19.0. The van der Waals surface area contributed by atoms with Crippen molar-refractivity contribution in [3.8, 4) is 5.69 Å². The predicted molar refractivity (Wildman–Crippen MR) is 109 cm³/mol. The number of nitrogen functional groups attached to an aromatic ring is 1. The van der Waals surface area contributed by atoms with Crippen LogP contribution < -0.4 is 11.1 Å². The number of ether oxygens (including phenoxy) is 1. The van der Waals surface area contributed by atoms with E-state index in [1.165, 1.54) is 4.80 Å². The molecule has 0 unspecified atom stereocenters. The van der Waals surface area contributed by atoms with Crippen molar-refractivity contribution in [1.82, 2.24) is 29.9 Å². The molecule has 4 rings (SSSR count). The Labute approximate surface area is 171 Å². The van der Waals surface area contributed by atoms with Crippen molar-refractivity contribution >= 4 is 23.6 Å². The van der Waals surface area contributed by atoms with Crippen LogP contribution in [0.2, 0.25) is 0 Å². The standard InChI is InChI=1S/C20H18N8O2/c1-13-17(27-28(26-13)15-10-6-3-7-11-15)18(29)30-12-16-23-19(21)25-20(24-16)22-14-8-4-2-5-9-14/h2-11H,12H2,1H3,(H3,21,22,23,24,25). The van der Waals surface area contributed by atoms with Gasteiger partial charge in [0, 0.05) is 5.69 Å². The van der Waals surface area contributed by atoms with Gasteiger partial charge in [0.15, 0.2) is 18.1 Å². The molecule has 0 saturated carbocycles. The third-order valence-electron chi connectivity index (χ3n) is 4.02. The van der Waals surface area contributed by atoms with Gasteiger partial charge in [0.1, 0.15) is 0 Å². The van der Waals surface area contributed by atoms with Crippen LogP contribution in [0.15, 0.2) is 60.7 Å². The van der Waals surface area contributed by atoms with Crippen molar-refractivity contribution < 1.29 is 9.53 Å². The van der Waals surface area contributed by atoms with E-state index in [1.54, 1.807) is 6.92 Å². The second kappa shape index (κ2) is 8.35. The first-order chi connectivity index (χ1) is 14.6. The number of carbonyl (C=O) groups excluding carboxylic acids is 1. The maximum Gasteiger partial charge on any atom is 0.361 e. The highest BCUT2D eigenvalue weighted by Gasteiger charge is 2.19. The van der Waals surface area contributed by atoms with Gasteiger partial charge in [-0.3, -0.25) is 0 Å². The highest BCUT2D eigenvalue weighted by atomic mass is 16.5. The molecule has 4 aromatic rings. The van der Waals surface area contributed by atoms with E-state index in [-0.39, 0.29) is 30.0 Å². The number of nitrogens with zero attached hydrogens (tertiary/aromatic N) is 6. The SMILES string of the molecule is Cc1nn(-c2ccccc2)nc1C(=O)OCc1nc(N)nc(Nc2ccccc2)n1. The normalized spacial score (nSPS) is 10.6. The molecule has 0 aliphatic rings. The van der Waals surface area contributed by atoms with Crippen LogP contribution in [0.4, 0.5) is 17.6 Å². The third kappa shape index (κ3) is 4.38. The van der Waals surface area contributed by atoms with Crippen LogP contribution in [0.1, 0.15) is 22.0 Å². The summed E-state index contributed by atoms with van der Waals surface area (Å²) in [4.78, 5) is 26.2. The van der Waals surface area contributed by atoms with E-state index in [0.717, 1.165) is 11.4 Å². The lowest BCUT2D eigenvalue weighted by Crippen LogP contribution is -2.12. The number of hydrogen-bond acceptors (Lipinski definition) is 9. The maximum absolute atomic E-state index is 12.5. The molecule has 0 atom stereocenters. The molecule has 0 aliphatic heterocycles. The highest BCUT2D eigenvalue weighted by Crippen LogP contribution is 2.14. The lowest BCUT2D eigenvalue weighted by molar-refractivity contribution is 0.0454. The molecule has 0 amide bonds. The first-order valence-electron chi connectivity index (χ1n) is 9.07. The van der Waals surface area contributed by atoms with Gasteiger partial charge in [0.2, 0.25) is 11.9 Å². The number of benzene rings is 2. The van der Waals surface area contributed by atoms with Crippen molar-refractivity contribution in [2.75, 3.05) is 11.1 Å². The van der Waals surface area contributed by atoms with Gasteiger partial charge in [0.25, 0.3) is 0 Å². The van der Waals surface area contributed by atoms with E-state index in [1.807, 2.05) is 60.7 Å². The zero-order valence-corrected chi connectivity index (χ0v) is 16.1. The number of nitrogens with two attached hydrogens (primary N) is 1. The van der Waals surface area contributed by atoms with Gasteiger partial charge >= 0.3 is 5.97 Å². The first-order valence-corrected chi connectivity index (χ1v) is 9.07. The molecule has 10 heteroatoms. The van der Waals surface area contributed by atoms with Gasteiger partial charge in [-0.15, -0.1) is 5.10 Å². The third-order valence-corrected chi connectivity index (χ3v) is 4.02. The molecule has 0 fully saturated rings. The van der Waals surface area contributed by atoms with Gasteiger partial charge in [-0.1, -0.05) is 36.4 Å². The van der Waals surface area contributed by atoms with Crippen molar-refractivity contribution in [3.63, 3.8) is 0 Å². The van der Waals surface area contributed by atoms with Gasteiger partial charge < -0.3 is 15.8 Å². The Bertz CT molecular complexity index is 1160. The molecule has 0 bridgehead atoms. The fourth-order valence-electron chi connectivity index (χ4n) is 2.65. The van der Waals surface area contributed by atoms with Crippen molar-refractivity contribution in [2.45, 2.75) is 13.5 Å². The second-order valence-corrected chi connectivity index (χ2v) is 6.26. The van der Waals surface area contributed by atoms with Gasteiger partial charge in [-0.25, -0.2) is 4.79 Å². The number of rotatable bonds is 6. The molecule has 150 valence electrons. The molecule has 0 saturated heterocycles. The maximum atomic E-state index is 12.5. The summed E-state index contributed by atoms with van der Waals surface area (Å²) in [5, 5.41) is 11.5. The monoisotopic (exact) mass is 402 g/mol. The number of anilines is 3. The minimum Gasteiger partial charge on any atom is -0.453 e. The molecule has 0 aliphatic carbocycles. The largest absolute Gasteiger partial charge is 0.453 e. The predicted octanol–water partition coefficient (Wildman–Crippen LogP) is 2.44. The van der Waals surface area contributed by atoms with Crippen molar-refractivity contribution in [1.29, 1.82) is 0 Å². The smallest absolute Gasteiger partial charge is 0.361 e. The van der Waals surface area contributed by atoms with Crippen LogP contribution in [-0.2, 0) is 11.3 Å². The number of aromatic nitrogens is 6. The Hall–Kier alpha value is -4.34. The topological polar surface area (TPSA) is 134 Å². The molecule has 30 heavy (non-hydrogen) atoms. The van der Waals surface area contributed by atoms with E-state index < -0.39 is 5.97 Å². The second-order valence-electron chi connectivity index (χ2n) is 6.26. The molecule has 3 N–H and O–H groups in total. The molecule has 0 spiro atoms. The van der Waals surface area contributed by atoms with Crippen LogP contribution >= 0.6 is 0 Å². The minimum absolute atomic E-state index is 0.0145. The lowest BCUT2D eigenvalue weighted by atomic mass is 10.3. The van der Waals surface area contributed by atoms with Gasteiger partial charge in [-0.05, 0) is 31.2 Å². The summed E-state index contributed by atoms with van der Waals surface area (Å²) in [6.07, 6.45) is 0. The molecule has 10 nitrogen and oxygen atoms in total. The average molecular weight is 402 g/mol. The summed E-state index contributed by atoms with van der Waals surface area (Å²) in [5.41, 5.74) is 7.85. The van der Waals surface area contributed by atoms with Crippen molar-refractivity contribution in [3.05, 3.63) is 77.9 Å². The molecule has 2 aromatic carbocycles. The molecular weight excluding hydrogens is 384 g/mol. The molecule has 0 radical (unpaired) electrons. The van der Waals surface area contributed by atoms with Gasteiger partial charge in [0.05, 0.1) is 11.4 Å². The quantitative estimate of drug-likeness (QED) is 0.466. The Kier molecular flexibility index (Phi) is 5.29. The Morgan fingerprint density at radius 3 is 2.43 bits per heavy atom. The Balaban J connectivity index is 1.46. The Morgan fingerprint density at radius 2 is 1.70 bits per heavy atom. The van der Waals surface area contributed by atoms with Crippen LogP contribution in [-0.4, -0.2) is 35.9 Å². The van der Waals surface area contributed by atoms with Crippen molar-refractivity contribution in [2.24, 2.45) is 0 Å². The number of nitrogens with one attached hydrogen (secondary N) is 1. The summed E-state index contributed by atoms with van der Waals surface area (Å²) in [5.74, 6) is -0.153. The summed E-state index contributed by atoms with van der Waals surface area (Å²) in [6.45, 7) is 1.50. The highest BCUT2D eigenvalue weighted by molar-refractivity contribution is 5.88. The number of aryl methyl sites for hydroxylation is 1.